The van der Waals surface area contributed by atoms with Crippen molar-refractivity contribution in [2.45, 2.75) is 57.8 Å². The Kier molecular flexibility index (Phi) is 6.74. The molecule has 1 aliphatic carbocycles. The van der Waals surface area contributed by atoms with Gasteiger partial charge in [-0.15, -0.1) is 0 Å². The number of anilines is 1. The van der Waals surface area contributed by atoms with Gasteiger partial charge in [-0.1, -0.05) is 30.9 Å². The number of halogens is 1. The molecular weight excluding hydrogens is 396 g/mol. The van der Waals surface area contributed by atoms with Crippen molar-refractivity contribution < 1.29 is 19.8 Å². The lowest BCUT2D eigenvalue weighted by Crippen LogP contribution is -2.29. The van der Waals surface area contributed by atoms with E-state index in [0.717, 1.165) is 31.2 Å². The number of aliphatic carboxylic acids is 1. The van der Waals surface area contributed by atoms with Gasteiger partial charge < -0.3 is 10.2 Å². The van der Waals surface area contributed by atoms with E-state index in [2.05, 4.69) is 15.6 Å². The van der Waals surface area contributed by atoms with Gasteiger partial charge in [-0.05, 0) is 44.2 Å². The second kappa shape index (κ2) is 9.26. The Morgan fingerprint density at radius 2 is 2.07 bits per heavy atom. The van der Waals surface area contributed by atoms with Crippen LogP contribution in [0.3, 0.4) is 0 Å². The van der Waals surface area contributed by atoms with Crippen LogP contribution in [0.5, 0.6) is 5.75 Å². The highest BCUT2D eigenvalue weighted by molar-refractivity contribution is 6.68. The third-order valence-electron chi connectivity index (χ3n) is 5.25. The number of carbonyl (C=O) groups is 2. The summed E-state index contributed by atoms with van der Waals surface area (Å²) >= 11 is 6.25. The second-order valence-electron chi connectivity index (χ2n) is 7.41. The van der Waals surface area contributed by atoms with E-state index in [4.69, 9.17) is 16.7 Å². The minimum absolute atomic E-state index is 0.0383. The van der Waals surface area contributed by atoms with Crippen molar-refractivity contribution in [1.82, 2.24) is 5.01 Å². The number of hydrogen-bond donors (Lipinski definition) is 3. The number of nitrogens with one attached hydrogen (secondary N) is 1. The van der Waals surface area contributed by atoms with Crippen molar-refractivity contribution in [2.24, 2.45) is 10.2 Å². The monoisotopic (exact) mass is 420 g/mol. The van der Waals surface area contributed by atoms with Gasteiger partial charge in [0.2, 0.25) is 0 Å². The molecule has 0 unspecified atom stereocenters. The molecule has 0 radical (unpaired) electrons. The topological polar surface area (TPSA) is 115 Å². The Morgan fingerprint density at radius 1 is 1.34 bits per heavy atom. The molecule has 3 N–H and O–H groups in total. The predicted molar refractivity (Wildman–Crippen MR) is 112 cm³/mol. The van der Waals surface area contributed by atoms with Crippen molar-refractivity contribution in [3.63, 3.8) is 0 Å². The molecule has 1 saturated carbocycles. The van der Waals surface area contributed by atoms with E-state index in [-0.39, 0.29) is 30.3 Å². The first-order valence-electron chi connectivity index (χ1n) is 9.82. The molecule has 1 aromatic rings. The molecule has 156 valence electrons. The summed E-state index contributed by atoms with van der Waals surface area (Å²) in [5, 5.41) is 29.4. The van der Waals surface area contributed by atoms with Gasteiger partial charge in [0.15, 0.2) is 5.71 Å². The fourth-order valence-corrected chi connectivity index (χ4v) is 3.98. The van der Waals surface area contributed by atoms with Crippen LogP contribution in [0.15, 0.2) is 22.3 Å². The first-order valence-corrected chi connectivity index (χ1v) is 10.2. The van der Waals surface area contributed by atoms with Gasteiger partial charge in [0.05, 0.1) is 11.4 Å². The Hall–Kier alpha value is -2.61. The van der Waals surface area contributed by atoms with E-state index in [1.54, 1.807) is 19.1 Å². The molecule has 0 aromatic heterocycles. The van der Waals surface area contributed by atoms with Crippen LogP contribution < -0.4 is 5.43 Å². The van der Waals surface area contributed by atoms with E-state index >= 15 is 0 Å². The van der Waals surface area contributed by atoms with Crippen LogP contribution in [-0.4, -0.2) is 45.1 Å². The van der Waals surface area contributed by atoms with Crippen LogP contribution in [-0.2, 0) is 9.59 Å². The number of amides is 1. The van der Waals surface area contributed by atoms with Gasteiger partial charge in [0.25, 0.3) is 5.91 Å². The Balaban J connectivity index is 1.74. The van der Waals surface area contributed by atoms with E-state index in [9.17, 15) is 14.7 Å². The minimum atomic E-state index is -0.918. The molecule has 1 heterocycles. The van der Waals surface area contributed by atoms with Crippen LogP contribution in [0.2, 0.25) is 5.02 Å². The summed E-state index contributed by atoms with van der Waals surface area (Å²) in [5.74, 6) is -0.965. The van der Waals surface area contributed by atoms with Crippen molar-refractivity contribution >= 4 is 40.6 Å². The van der Waals surface area contributed by atoms with Crippen LogP contribution >= 0.6 is 11.6 Å². The number of carbonyl (C=O) groups excluding carboxylic acids is 1. The quantitative estimate of drug-likeness (QED) is 0.456. The average molecular weight is 421 g/mol. The Morgan fingerprint density at radius 3 is 2.76 bits per heavy atom. The Bertz CT molecular complexity index is 862. The van der Waals surface area contributed by atoms with Crippen LogP contribution in [0, 0.1) is 0 Å². The number of aromatic hydroxyl groups is 1. The lowest BCUT2D eigenvalue weighted by atomic mass is 9.83. The second-order valence-corrected chi connectivity index (χ2v) is 7.85. The molecule has 2 aliphatic rings. The molecule has 1 amide bonds. The maximum Gasteiger partial charge on any atom is 0.303 e. The van der Waals surface area contributed by atoms with E-state index in [0.29, 0.717) is 22.8 Å². The number of hydrogen-bond acceptors (Lipinski definition) is 6. The molecule has 9 heteroatoms. The van der Waals surface area contributed by atoms with Crippen molar-refractivity contribution in [1.29, 1.82) is 0 Å². The van der Waals surface area contributed by atoms with Gasteiger partial charge in [0, 0.05) is 23.6 Å². The molecule has 0 atom stereocenters. The average Bonchev–Trinajstić information content (AvgIpc) is 2.96. The van der Waals surface area contributed by atoms with Gasteiger partial charge >= 0.3 is 5.97 Å². The number of phenols is 1. The molecule has 0 saturated heterocycles. The van der Waals surface area contributed by atoms with Crippen molar-refractivity contribution in [3.05, 3.63) is 22.7 Å². The normalized spacial score (nSPS) is 19.0. The number of benzene rings is 1. The van der Waals surface area contributed by atoms with E-state index in [1.807, 2.05) is 0 Å². The third kappa shape index (κ3) is 5.06. The van der Waals surface area contributed by atoms with Crippen molar-refractivity contribution in [2.75, 3.05) is 12.0 Å². The van der Waals surface area contributed by atoms with Gasteiger partial charge in [0.1, 0.15) is 5.75 Å². The van der Waals surface area contributed by atoms with E-state index in [1.165, 1.54) is 11.4 Å². The number of carboxylic acid groups (broad SMARTS) is 1. The fraction of sp³-hybridized carbons (Fsp3) is 0.500. The number of nitrogens with zero attached hydrogens (tertiary/aromatic N) is 3. The minimum Gasteiger partial charge on any atom is -0.505 e. The number of hydrazone groups is 2. The van der Waals surface area contributed by atoms with Crippen molar-refractivity contribution in [3.8, 4) is 5.75 Å². The first kappa shape index (κ1) is 21.1. The molecular formula is C20H25ClN4O4. The predicted octanol–water partition coefficient (Wildman–Crippen LogP) is 3.94. The lowest BCUT2D eigenvalue weighted by molar-refractivity contribution is -0.137. The maximum absolute atomic E-state index is 12.5. The van der Waals surface area contributed by atoms with Crippen LogP contribution in [0.4, 0.5) is 5.69 Å². The molecule has 3 rings (SSSR count). The summed E-state index contributed by atoms with van der Waals surface area (Å²) in [5.41, 5.74) is 4.46. The Labute approximate surface area is 174 Å². The zero-order chi connectivity index (χ0) is 21.0. The SMILES string of the molecule is CC1=NN(CCCC(=O)O)C(=O)/C1=N\Nc1cc(Cl)cc(C2CCCCC2)c1O. The molecule has 8 nitrogen and oxygen atoms in total. The van der Waals surface area contributed by atoms with Crippen LogP contribution in [0.25, 0.3) is 0 Å². The molecule has 0 spiro atoms. The molecule has 1 fully saturated rings. The zero-order valence-corrected chi connectivity index (χ0v) is 17.1. The summed E-state index contributed by atoms with van der Waals surface area (Å²) in [7, 11) is 0. The number of rotatable bonds is 7. The van der Waals surface area contributed by atoms with Gasteiger partial charge in [-0.2, -0.15) is 10.2 Å². The summed E-state index contributed by atoms with van der Waals surface area (Å²) in [6, 6.07) is 3.37. The molecule has 1 aromatic carbocycles. The highest BCUT2D eigenvalue weighted by Gasteiger charge is 2.29. The van der Waals surface area contributed by atoms with Gasteiger partial charge in [-0.3, -0.25) is 15.0 Å². The largest absolute Gasteiger partial charge is 0.505 e. The molecule has 0 bridgehead atoms. The summed E-state index contributed by atoms with van der Waals surface area (Å²) in [6.45, 7) is 1.86. The summed E-state index contributed by atoms with van der Waals surface area (Å²) < 4.78 is 0. The maximum atomic E-state index is 12.5. The number of carboxylic acids is 1. The standard InChI is InChI=1S/C20H25ClN4O4/c1-12-18(20(29)25(24-12)9-5-8-17(26)27)23-22-16-11-14(21)10-15(19(16)28)13-6-3-2-4-7-13/h10-11,13,22,28H,2-9H2,1H3,(H,26,27)/b23-18-. The summed E-state index contributed by atoms with van der Waals surface area (Å²) in [6.07, 6.45) is 5.75. The zero-order valence-electron chi connectivity index (χ0n) is 16.3. The lowest BCUT2D eigenvalue weighted by Gasteiger charge is -2.23. The first-order chi connectivity index (χ1) is 13.9. The van der Waals surface area contributed by atoms with E-state index < -0.39 is 11.9 Å². The third-order valence-corrected chi connectivity index (χ3v) is 5.47. The summed E-state index contributed by atoms with van der Waals surface area (Å²) in [4.78, 5) is 23.1. The van der Waals surface area contributed by atoms with Gasteiger partial charge in [-0.25, -0.2) is 5.01 Å². The smallest absolute Gasteiger partial charge is 0.303 e. The highest BCUT2D eigenvalue weighted by atomic mass is 35.5. The molecule has 1 aliphatic heterocycles. The molecule has 29 heavy (non-hydrogen) atoms. The number of phenolic OH excluding ortho intramolecular Hbond substituents is 1. The highest BCUT2D eigenvalue weighted by Crippen LogP contribution is 2.42. The fourth-order valence-electron chi connectivity index (χ4n) is 3.76. The van der Waals surface area contributed by atoms with Crippen LogP contribution in [0.1, 0.15) is 63.4 Å².